The molecule has 25 heavy (non-hydrogen) atoms. The molecule has 6 nitrogen and oxygen atoms in total. The number of aromatic nitrogens is 2. The molecule has 0 atom stereocenters. The normalized spacial score (nSPS) is 14.9. The zero-order valence-corrected chi connectivity index (χ0v) is 13.7. The van der Waals surface area contributed by atoms with Crippen LogP contribution in [0, 0.1) is 12.7 Å². The minimum absolute atomic E-state index is 0.153. The number of carbonyl (C=O) groups is 1. The van der Waals surface area contributed by atoms with Crippen molar-refractivity contribution in [2.75, 3.05) is 26.3 Å². The molecule has 1 aromatic carbocycles. The molecule has 4 rings (SSSR count). The van der Waals surface area contributed by atoms with E-state index in [1.165, 1.54) is 6.07 Å². The molecule has 1 aliphatic rings. The highest BCUT2D eigenvalue weighted by molar-refractivity contribution is 6.09. The van der Waals surface area contributed by atoms with E-state index < -0.39 is 5.82 Å². The number of morpholine rings is 1. The zero-order valence-electron chi connectivity index (χ0n) is 13.7. The lowest BCUT2D eigenvalue weighted by Crippen LogP contribution is -2.40. The molecule has 7 heteroatoms. The summed E-state index contributed by atoms with van der Waals surface area (Å²) in [5.74, 6) is -0.581. The minimum atomic E-state index is -0.428. The Morgan fingerprint density at radius 1 is 1.24 bits per heavy atom. The summed E-state index contributed by atoms with van der Waals surface area (Å²) in [6.07, 6.45) is 0. The van der Waals surface area contributed by atoms with Crippen LogP contribution in [-0.4, -0.2) is 47.3 Å². The average Bonchev–Trinajstić information content (AvgIpc) is 3.05. The Bertz CT molecular complexity index is 948. The van der Waals surface area contributed by atoms with E-state index in [0.717, 1.165) is 0 Å². The van der Waals surface area contributed by atoms with Crippen molar-refractivity contribution in [1.29, 1.82) is 0 Å². The molecule has 0 unspecified atom stereocenters. The minimum Gasteiger partial charge on any atom is -0.378 e. The quantitative estimate of drug-likeness (QED) is 0.717. The van der Waals surface area contributed by atoms with E-state index >= 15 is 0 Å². The molecular weight excluding hydrogens is 325 g/mol. The van der Waals surface area contributed by atoms with Gasteiger partial charge in [-0.2, -0.15) is 0 Å². The Morgan fingerprint density at radius 3 is 2.76 bits per heavy atom. The fraction of sp³-hybridized carbons (Fsp3) is 0.278. The maximum Gasteiger partial charge on any atom is 0.259 e. The summed E-state index contributed by atoms with van der Waals surface area (Å²) >= 11 is 0. The van der Waals surface area contributed by atoms with Gasteiger partial charge in [0.25, 0.3) is 11.6 Å². The van der Waals surface area contributed by atoms with Gasteiger partial charge in [-0.25, -0.2) is 9.37 Å². The Morgan fingerprint density at radius 2 is 2.00 bits per heavy atom. The lowest BCUT2D eigenvalue weighted by Gasteiger charge is -2.27. The van der Waals surface area contributed by atoms with Gasteiger partial charge in [-0.05, 0) is 25.1 Å². The SMILES string of the molecule is Cc1cc(C(=O)N2CCOCC2)c2c(-c3ccccc3F)noc2n1. The number of amides is 1. The number of halogens is 1. The molecule has 128 valence electrons. The molecule has 0 saturated carbocycles. The van der Waals surface area contributed by atoms with Gasteiger partial charge in [0.05, 0.1) is 24.2 Å². The topological polar surface area (TPSA) is 68.5 Å². The molecule has 0 radical (unpaired) electrons. The van der Waals surface area contributed by atoms with Crippen molar-refractivity contribution in [1.82, 2.24) is 15.0 Å². The van der Waals surface area contributed by atoms with E-state index in [4.69, 9.17) is 9.26 Å². The number of aryl methyl sites for hydroxylation is 1. The van der Waals surface area contributed by atoms with Crippen molar-refractivity contribution in [3.63, 3.8) is 0 Å². The second-order valence-corrected chi connectivity index (χ2v) is 5.91. The van der Waals surface area contributed by atoms with Crippen molar-refractivity contribution in [3.8, 4) is 11.3 Å². The lowest BCUT2D eigenvalue weighted by atomic mass is 10.0. The van der Waals surface area contributed by atoms with Crippen molar-refractivity contribution in [2.45, 2.75) is 6.92 Å². The van der Waals surface area contributed by atoms with Gasteiger partial charge >= 0.3 is 0 Å². The molecule has 2 aromatic heterocycles. The highest BCUT2D eigenvalue weighted by Gasteiger charge is 2.26. The summed E-state index contributed by atoms with van der Waals surface area (Å²) in [6, 6.07) is 7.96. The predicted octanol–water partition coefficient (Wildman–Crippen LogP) is 2.81. The number of nitrogens with zero attached hydrogens (tertiary/aromatic N) is 3. The zero-order chi connectivity index (χ0) is 17.4. The van der Waals surface area contributed by atoms with Crippen molar-refractivity contribution < 1.29 is 18.4 Å². The van der Waals surface area contributed by atoms with E-state index in [0.29, 0.717) is 42.9 Å². The summed E-state index contributed by atoms with van der Waals surface area (Å²) in [5, 5.41) is 4.42. The van der Waals surface area contributed by atoms with E-state index in [2.05, 4.69) is 10.1 Å². The summed E-state index contributed by atoms with van der Waals surface area (Å²) in [5.41, 5.74) is 1.86. The first-order valence-corrected chi connectivity index (χ1v) is 8.04. The van der Waals surface area contributed by atoms with Crippen LogP contribution < -0.4 is 0 Å². The van der Waals surface area contributed by atoms with Crippen molar-refractivity contribution in [3.05, 3.63) is 47.4 Å². The number of fused-ring (bicyclic) bond motifs is 1. The van der Waals surface area contributed by atoms with Crippen molar-refractivity contribution in [2.24, 2.45) is 0 Å². The molecule has 0 spiro atoms. The molecule has 0 N–H and O–H groups in total. The van der Waals surface area contributed by atoms with Gasteiger partial charge in [-0.15, -0.1) is 0 Å². The average molecular weight is 341 g/mol. The Balaban J connectivity index is 1.90. The molecule has 1 amide bonds. The predicted molar refractivity (Wildman–Crippen MR) is 88.7 cm³/mol. The maximum atomic E-state index is 14.2. The number of hydrogen-bond acceptors (Lipinski definition) is 5. The third kappa shape index (κ3) is 2.76. The molecule has 1 aliphatic heterocycles. The lowest BCUT2D eigenvalue weighted by molar-refractivity contribution is 0.0304. The summed E-state index contributed by atoms with van der Waals surface area (Å²) in [6.45, 7) is 3.82. The Labute approximate surface area is 143 Å². The third-order valence-electron chi connectivity index (χ3n) is 4.23. The van der Waals surface area contributed by atoms with Crippen LogP contribution >= 0.6 is 0 Å². The van der Waals surface area contributed by atoms with Crippen LogP contribution in [0.25, 0.3) is 22.4 Å². The summed E-state index contributed by atoms with van der Waals surface area (Å²) in [7, 11) is 0. The molecule has 0 aliphatic carbocycles. The van der Waals surface area contributed by atoms with Gasteiger partial charge in [-0.3, -0.25) is 4.79 Å². The van der Waals surface area contributed by atoms with E-state index in [1.54, 1.807) is 36.1 Å². The number of pyridine rings is 1. The van der Waals surface area contributed by atoms with Gasteiger partial charge in [-0.1, -0.05) is 17.3 Å². The van der Waals surface area contributed by atoms with Crippen LogP contribution in [0.1, 0.15) is 16.1 Å². The van der Waals surface area contributed by atoms with Crippen LogP contribution in [0.15, 0.2) is 34.9 Å². The van der Waals surface area contributed by atoms with Crippen LogP contribution in [0.4, 0.5) is 4.39 Å². The standard InChI is InChI=1S/C18H16FN3O3/c1-11-10-13(18(23)22-6-8-24-9-7-22)15-16(21-25-17(15)20-11)12-4-2-3-5-14(12)19/h2-5,10H,6-9H2,1H3. The van der Waals surface area contributed by atoms with Gasteiger partial charge in [0.15, 0.2) is 0 Å². The molecule has 0 bridgehead atoms. The molecule has 1 fully saturated rings. The number of benzene rings is 1. The molecule has 3 heterocycles. The fourth-order valence-electron chi connectivity index (χ4n) is 3.02. The Hall–Kier alpha value is -2.80. The highest BCUT2D eigenvalue weighted by Crippen LogP contribution is 2.32. The first kappa shape index (κ1) is 15.7. The number of ether oxygens (including phenoxy) is 1. The fourth-order valence-corrected chi connectivity index (χ4v) is 3.02. The van der Waals surface area contributed by atoms with Gasteiger partial charge < -0.3 is 14.2 Å². The monoisotopic (exact) mass is 341 g/mol. The van der Waals surface area contributed by atoms with E-state index in [-0.39, 0.29) is 22.9 Å². The first-order chi connectivity index (χ1) is 12.1. The van der Waals surface area contributed by atoms with Crippen molar-refractivity contribution >= 4 is 17.0 Å². The second kappa shape index (κ2) is 6.25. The van der Waals surface area contributed by atoms with Crippen LogP contribution in [0.2, 0.25) is 0 Å². The van der Waals surface area contributed by atoms with Gasteiger partial charge in [0.2, 0.25) is 0 Å². The van der Waals surface area contributed by atoms with E-state index in [1.807, 2.05) is 0 Å². The maximum absolute atomic E-state index is 14.2. The second-order valence-electron chi connectivity index (χ2n) is 5.91. The smallest absolute Gasteiger partial charge is 0.259 e. The van der Waals surface area contributed by atoms with Gasteiger partial charge in [0, 0.05) is 24.3 Å². The van der Waals surface area contributed by atoms with Gasteiger partial charge in [0.1, 0.15) is 11.5 Å². The number of rotatable bonds is 2. The molecule has 1 saturated heterocycles. The summed E-state index contributed by atoms with van der Waals surface area (Å²) in [4.78, 5) is 19.0. The van der Waals surface area contributed by atoms with Crippen LogP contribution in [-0.2, 0) is 4.74 Å². The first-order valence-electron chi connectivity index (χ1n) is 8.04. The molecule has 3 aromatic rings. The van der Waals surface area contributed by atoms with Crippen LogP contribution in [0.3, 0.4) is 0 Å². The number of hydrogen-bond donors (Lipinski definition) is 0. The molecular formula is C18H16FN3O3. The summed E-state index contributed by atoms with van der Waals surface area (Å²) < 4.78 is 24.8. The largest absolute Gasteiger partial charge is 0.378 e. The third-order valence-corrected chi connectivity index (χ3v) is 4.23. The highest BCUT2D eigenvalue weighted by atomic mass is 19.1. The number of carbonyl (C=O) groups excluding carboxylic acids is 1. The van der Waals surface area contributed by atoms with Crippen LogP contribution in [0.5, 0.6) is 0 Å². The van der Waals surface area contributed by atoms with E-state index in [9.17, 15) is 9.18 Å². The Kier molecular flexibility index (Phi) is 3.93.